The van der Waals surface area contributed by atoms with Crippen molar-refractivity contribution in [3.05, 3.63) is 0 Å². The highest BCUT2D eigenvalue weighted by Gasteiger charge is 2.31. The van der Waals surface area contributed by atoms with Crippen LogP contribution in [0.3, 0.4) is 0 Å². The zero-order valence-corrected chi connectivity index (χ0v) is 17.9. The van der Waals surface area contributed by atoms with E-state index in [1.54, 1.807) is 0 Å². The number of rotatable bonds is 5. The molecule has 0 aromatic heterocycles. The van der Waals surface area contributed by atoms with Gasteiger partial charge in [0.15, 0.2) is 0 Å². The Morgan fingerprint density at radius 2 is 1.33 bits per heavy atom. The van der Waals surface area contributed by atoms with E-state index in [9.17, 15) is 0 Å². The molecule has 2 nitrogen and oxygen atoms in total. The van der Waals surface area contributed by atoms with Crippen LogP contribution in [0.25, 0.3) is 0 Å². The van der Waals surface area contributed by atoms with E-state index in [4.69, 9.17) is 0 Å². The Balaban J connectivity index is 0.000000648. The summed E-state index contributed by atoms with van der Waals surface area (Å²) in [6, 6.07) is 0.711. The van der Waals surface area contributed by atoms with Gasteiger partial charge in [0.05, 0.1) is 0 Å². The molecular formula is C22H46N2. The fourth-order valence-corrected chi connectivity index (χ4v) is 4.03. The van der Waals surface area contributed by atoms with Crippen LogP contribution in [0.4, 0.5) is 0 Å². The molecule has 0 atom stereocenters. The summed E-state index contributed by atoms with van der Waals surface area (Å²) in [5.74, 6) is 1.86. The van der Waals surface area contributed by atoms with Crippen LogP contribution in [0.15, 0.2) is 0 Å². The molecule has 0 aromatic rings. The molecule has 0 unspecified atom stereocenters. The molecular weight excluding hydrogens is 292 g/mol. The lowest BCUT2D eigenvalue weighted by molar-refractivity contribution is 0.0318. The summed E-state index contributed by atoms with van der Waals surface area (Å²) in [6.07, 6.45) is 10.3. The molecule has 0 amide bonds. The minimum atomic E-state index is 0.403. The Labute approximate surface area is 153 Å². The molecule has 1 saturated heterocycles. The van der Waals surface area contributed by atoms with Crippen LogP contribution in [0.1, 0.15) is 93.4 Å². The lowest BCUT2D eigenvalue weighted by Crippen LogP contribution is -2.55. The van der Waals surface area contributed by atoms with E-state index in [0.29, 0.717) is 11.6 Å². The Morgan fingerprint density at radius 1 is 0.833 bits per heavy atom. The van der Waals surface area contributed by atoms with Gasteiger partial charge in [0.2, 0.25) is 0 Å². The van der Waals surface area contributed by atoms with Crippen molar-refractivity contribution in [1.29, 1.82) is 0 Å². The molecule has 2 rings (SSSR count). The van der Waals surface area contributed by atoms with Crippen molar-refractivity contribution in [2.24, 2.45) is 11.8 Å². The van der Waals surface area contributed by atoms with Crippen LogP contribution in [-0.2, 0) is 0 Å². The standard InChI is InChI=1S/C18H36N2.C4H10/c1-16(2)19-12-14-20(15-13-19)18(3,4)11-10-17-8-6-5-7-9-17;1-4(2)3/h16-17H,5-15H2,1-4H3;4H,1-3H3. The molecule has 0 bridgehead atoms. The second-order valence-corrected chi connectivity index (χ2v) is 9.70. The fourth-order valence-electron chi connectivity index (χ4n) is 4.03. The molecule has 2 aliphatic rings. The van der Waals surface area contributed by atoms with Crippen molar-refractivity contribution < 1.29 is 0 Å². The van der Waals surface area contributed by atoms with Gasteiger partial charge in [0, 0.05) is 37.8 Å². The molecule has 1 aliphatic carbocycles. The SMILES string of the molecule is CC(C)C.CC(C)N1CCN(C(C)(C)CCC2CCCCC2)CC1. The first-order valence-electron chi connectivity index (χ1n) is 10.7. The number of hydrogen-bond acceptors (Lipinski definition) is 2. The summed E-state index contributed by atoms with van der Waals surface area (Å²) >= 11 is 0. The predicted molar refractivity (Wildman–Crippen MR) is 109 cm³/mol. The van der Waals surface area contributed by atoms with Crippen LogP contribution in [-0.4, -0.2) is 47.6 Å². The lowest BCUT2D eigenvalue weighted by Gasteiger charge is -2.45. The van der Waals surface area contributed by atoms with Gasteiger partial charge in [-0.25, -0.2) is 0 Å². The molecule has 24 heavy (non-hydrogen) atoms. The first-order valence-corrected chi connectivity index (χ1v) is 10.7. The topological polar surface area (TPSA) is 6.48 Å². The van der Waals surface area contributed by atoms with Crippen LogP contribution in [0.2, 0.25) is 0 Å². The zero-order valence-electron chi connectivity index (χ0n) is 17.9. The van der Waals surface area contributed by atoms with Gasteiger partial charge in [-0.2, -0.15) is 0 Å². The molecule has 0 N–H and O–H groups in total. The third-order valence-corrected chi connectivity index (χ3v) is 5.79. The summed E-state index contributed by atoms with van der Waals surface area (Å²) in [6.45, 7) is 21.1. The zero-order chi connectivity index (χ0) is 18.2. The first-order chi connectivity index (χ1) is 11.2. The summed E-state index contributed by atoms with van der Waals surface area (Å²) in [5.41, 5.74) is 0.403. The van der Waals surface area contributed by atoms with Gasteiger partial charge in [0.1, 0.15) is 0 Å². The van der Waals surface area contributed by atoms with Crippen molar-refractivity contribution in [3.8, 4) is 0 Å². The minimum absolute atomic E-state index is 0.403. The largest absolute Gasteiger partial charge is 0.298 e. The predicted octanol–water partition coefficient (Wildman–Crippen LogP) is 5.81. The highest BCUT2D eigenvalue weighted by molar-refractivity contribution is 4.87. The van der Waals surface area contributed by atoms with Crippen molar-refractivity contribution in [2.75, 3.05) is 26.2 Å². The maximum atomic E-state index is 2.74. The monoisotopic (exact) mass is 338 g/mol. The maximum absolute atomic E-state index is 2.74. The smallest absolute Gasteiger partial charge is 0.0154 e. The fraction of sp³-hybridized carbons (Fsp3) is 1.00. The third kappa shape index (κ3) is 8.34. The Bertz CT molecular complexity index is 305. The van der Waals surface area contributed by atoms with Crippen LogP contribution >= 0.6 is 0 Å². The molecule has 2 heteroatoms. The normalized spacial score (nSPS) is 21.9. The van der Waals surface area contributed by atoms with E-state index in [1.165, 1.54) is 71.1 Å². The molecule has 0 radical (unpaired) electrons. The van der Waals surface area contributed by atoms with E-state index in [0.717, 1.165) is 11.8 Å². The summed E-state index contributed by atoms with van der Waals surface area (Å²) in [7, 11) is 0. The Kier molecular flexibility index (Phi) is 9.89. The summed E-state index contributed by atoms with van der Waals surface area (Å²) in [5, 5.41) is 0. The van der Waals surface area contributed by atoms with Crippen LogP contribution in [0.5, 0.6) is 0 Å². The highest BCUT2D eigenvalue weighted by atomic mass is 15.3. The number of nitrogens with zero attached hydrogens (tertiary/aromatic N) is 2. The quantitative estimate of drug-likeness (QED) is 0.624. The minimum Gasteiger partial charge on any atom is -0.298 e. The van der Waals surface area contributed by atoms with Gasteiger partial charge < -0.3 is 0 Å². The Morgan fingerprint density at radius 3 is 1.79 bits per heavy atom. The second-order valence-electron chi connectivity index (χ2n) is 9.70. The van der Waals surface area contributed by atoms with Crippen molar-refractivity contribution >= 4 is 0 Å². The van der Waals surface area contributed by atoms with E-state index < -0.39 is 0 Å². The molecule has 1 saturated carbocycles. The van der Waals surface area contributed by atoms with Crippen molar-refractivity contribution in [1.82, 2.24) is 9.80 Å². The molecule has 144 valence electrons. The van der Waals surface area contributed by atoms with E-state index in [-0.39, 0.29) is 0 Å². The van der Waals surface area contributed by atoms with E-state index >= 15 is 0 Å². The second kappa shape index (κ2) is 10.8. The average molecular weight is 339 g/mol. The van der Waals surface area contributed by atoms with Gasteiger partial charge in [-0.1, -0.05) is 52.9 Å². The lowest BCUT2D eigenvalue weighted by atomic mass is 9.82. The highest BCUT2D eigenvalue weighted by Crippen LogP contribution is 2.31. The van der Waals surface area contributed by atoms with Crippen molar-refractivity contribution in [3.63, 3.8) is 0 Å². The third-order valence-electron chi connectivity index (χ3n) is 5.79. The van der Waals surface area contributed by atoms with Crippen LogP contribution < -0.4 is 0 Å². The van der Waals surface area contributed by atoms with E-state index in [1.807, 2.05) is 0 Å². The van der Waals surface area contributed by atoms with Crippen LogP contribution in [0, 0.1) is 11.8 Å². The number of hydrogen-bond donors (Lipinski definition) is 0. The molecule has 0 aromatic carbocycles. The number of piperazine rings is 1. The molecule has 2 fully saturated rings. The van der Waals surface area contributed by atoms with Gasteiger partial charge in [-0.3, -0.25) is 9.80 Å². The van der Waals surface area contributed by atoms with Gasteiger partial charge in [0.25, 0.3) is 0 Å². The summed E-state index contributed by atoms with van der Waals surface area (Å²) in [4.78, 5) is 5.36. The first kappa shape index (κ1) is 22.0. The summed E-state index contributed by atoms with van der Waals surface area (Å²) < 4.78 is 0. The Hall–Kier alpha value is -0.0800. The van der Waals surface area contributed by atoms with Gasteiger partial charge in [-0.15, -0.1) is 0 Å². The average Bonchev–Trinajstić information content (AvgIpc) is 2.53. The maximum Gasteiger partial charge on any atom is 0.0154 e. The molecule has 1 heterocycles. The van der Waals surface area contributed by atoms with Crippen molar-refractivity contribution in [2.45, 2.75) is 105 Å². The van der Waals surface area contributed by atoms with E-state index in [2.05, 4.69) is 58.3 Å². The molecule has 0 spiro atoms. The molecule has 1 aliphatic heterocycles. The van der Waals surface area contributed by atoms with Gasteiger partial charge in [-0.05, 0) is 52.4 Å². The van der Waals surface area contributed by atoms with Gasteiger partial charge >= 0.3 is 0 Å².